The first-order valence-corrected chi connectivity index (χ1v) is 11.2. The van der Waals surface area contributed by atoms with Crippen molar-refractivity contribution in [3.8, 4) is 27.2 Å². The average molecular weight is 459 g/mol. The van der Waals surface area contributed by atoms with Gasteiger partial charge in [0.05, 0.1) is 17.6 Å². The Morgan fingerprint density at radius 2 is 2.22 bits per heavy atom. The molecule has 2 aliphatic rings. The molecule has 0 amide bonds. The third-order valence-corrected chi connectivity index (χ3v) is 6.86. The van der Waals surface area contributed by atoms with Crippen LogP contribution in [-0.2, 0) is 4.74 Å². The fourth-order valence-corrected chi connectivity index (χ4v) is 5.30. The summed E-state index contributed by atoms with van der Waals surface area (Å²) in [5.74, 6) is 0.601. The molecule has 32 heavy (non-hydrogen) atoms. The molecule has 2 bridgehead atoms. The number of nitrogens with zero attached hydrogens (tertiary/aromatic N) is 5. The standard InChI is InChI=1S/C20H23BFN5O4S/c1-21(28)27-9-12-7-15(27)17(22)18(12)31-20-25-24-19(32-20)14-4-3-13(26-6-5-23-10-26)8-16(14)30-11-29-2/h3-6,8,10,12,15,17-18,28H,7,9,11H2,1-2H3/t12?,15?,17-,18-/m1/s1. The predicted octanol–water partition coefficient (Wildman–Crippen LogP) is 2.27. The summed E-state index contributed by atoms with van der Waals surface area (Å²) in [6.45, 7) is 2.36. The maximum absolute atomic E-state index is 14.9. The third-order valence-electron chi connectivity index (χ3n) is 6.02. The van der Waals surface area contributed by atoms with E-state index in [0.717, 1.165) is 11.3 Å². The molecule has 168 valence electrons. The normalized spacial score (nSPS) is 24.8. The van der Waals surface area contributed by atoms with Crippen LogP contribution in [0.5, 0.6) is 10.9 Å². The van der Waals surface area contributed by atoms with Gasteiger partial charge in [-0.25, -0.2) is 9.37 Å². The van der Waals surface area contributed by atoms with Gasteiger partial charge in [-0.15, -0.1) is 5.10 Å². The van der Waals surface area contributed by atoms with E-state index in [2.05, 4.69) is 15.2 Å². The van der Waals surface area contributed by atoms with Crippen LogP contribution in [0.1, 0.15) is 6.42 Å². The number of halogens is 1. The van der Waals surface area contributed by atoms with Gasteiger partial charge in [0, 0.05) is 37.5 Å². The Balaban J connectivity index is 1.35. The van der Waals surface area contributed by atoms with E-state index in [1.54, 1.807) is 31.3 Å². The summed E-state index contributed by atoms with van der Waals surface area (Å²) < 4.78 is 33.6. The fraction of sp³-hybridized carbons (Fsp3) is 0.450. The number of hydrogen-bond donors (Lipinski definition) is 1. The summed E-state index contributed by atoms with van der Waals surface area (Å²) in [5.41, 5.74) is 1.62. The van der Waals surface area contributed by atoms with Gasteiger partial charge in [-0.2, -0.15) is 0 Å². The van der Waals surface area contributed by atoms with E-state index in [1.807, 2.05) is 29.0 Å². The van der Waals surface area contributed by atoms with Crippen LogP contribution in [0.4, 0.5) is 4.39 Å². The molecule has 4 atom stereocenters. The number of aromatic nitrogens is 4. The highest BCUT2D eigenvalue weighted by Gasteiger charge is 2.55. The van der Waals surface area contributed by atoms with Crippen LogP contribution in [0, 0.1) is 5.92 Å². The van der Waals surface area contributed by atoms with Gasteiger partial charge >= 0.3 is 7.05 Å². The van der Waals surface area contributed by atoms with E-state index >= 15 is 0 Å². The lowest BCUT2D eigenvalue weighted by atomic mass is 9.82. The number of imidazole rings is 1. The molecule has 2 unspecified atom stereocenters. The van der Waals surface area contributed by atoms with Crippen molar-refractivity contribution >= 4 is 18.4 Å². The van der Waals surface area contributed by atoms with Gasteiger partial charge < -0.3 is 28.6 Å². The zero-order chi connectivity index (χ0) is 22.2. The van der Waals surface area contributed by atoms with Crippen LogP contribution < -0.4 is 9.47 Å². The number of alkyl halides is 1. The number of fused-ring (bicyclic) bond motifs is 2. The Kier molecular flexibility index (Phi) is 5.85. The molecule has 1 aliphatic heterocycles. The van der Waals surface area contributed by atoms with Crippen molar-refractivity contribution in [2.24, 2.45) is 5.92 Å². The number of benzene rings is 1. The van der Waals surface area contributed by atoms with E-state index in [4.69, 9.17) is 14.2 Å². The second-order valence-electron chi connectivity index (χ2n) is 7.99. The quantitative estimate of drug-likeness (QED) is 0.405. The van der Waals surface area contributed by atoms with Crippen LogP contribution in [0.15, 0.2) is 36.9 Å². The van der Waals surface area contributed by atoms with E-state index in [1.165, 1.54) is 11.3 Å². The van der Waals surface area contributed by atoms with Gasteiger partial charge in [0.25, 0.3) is 5.19 Å². The van der Waals surface area contributed by atoms with Crippen molar-refractivity contribution in [2.75, 3.05) is 20.4 Å². The molecule has 3 heterocycles. The molecule has 2 fully saturated rings. The summed E-state index contributed by atoms with van der Waals surface area (Å²) in [6.07, 6.45) is 4.16. The van der Waals surface area contributed by atoms with Crippen LogP contribution >= 0.6 is 11.3 Å². The first-order valence-electron chi connectivity index (χ1n) is 10.4. The maximum Gasteiger partial charge on any atom is 0.376 e. The number of ether oxygens (including phenoxy) is 3. The van der Waals surface area contributed by atoms with E-state index < -0.39 is 19.3 Å². The predicted molar refractivity (Wildman–Crippen MR) is 117 cm³/mol. The molecule has 5 rings (SSSR count). The minimum atomic E-state index is -1.18. The molecule has 12 heteroatoms. The summed E-state index contributed by atoms with van der Waals surface area (Å²) in [7, 11) is 0.894. The second-order valence-corrected chi connectivity index (χ2v) is 8.93. The summed E-state index contributed by atoms with van der Waals surface area (Å²) >= 11 is 1.25. The van der Waals surface area contributed by atoms with Crippen molar-refractivity contribution in [1.29, 1.82) is 0 Å². The third kappa shape index (κ3) is 3.87. The molecule has 0 radical (unpaired) electrons. The number of rotatable bonds is 8. The average Bonchev–Trinajstić information content (AvgIpc) is 3.58. The van der Waals surface area contributed by atoms with Crippen LogP contribution in [0.25, 0.3) is 16.3 Å². The Labute approximate surface area is 188 Å². The zero-order valence-corrected chi connectivity index (χ0v) is 18.5. The van der Waals surface area contributed by atoms with E-state index in [0.29, 0.717) is 28.9 Å². The Morgan fingerprint density at radius 3 is 2.94 bits per heavy atom. The molecule has 0 spiro atoms. The topological polar surface area (TPSA) is 94.8 Å². The van der Waals surface area contributed by atoms with Gasteiger partial charge in [-0.1, -0.05) is 16.4 Å². The lowest BCUT2D eigenvalue weighted by Crippen LogP contribution is -2.53. The van der Waals surface area contributed by atoms with Crippen LogP contribution in [0.3, 0.4) is 0 Å². The minimum Gasteiger partial charge on any atom is -0.467 e. The van der Waals surface area contributed by atoms with Gasteiger partial charge in [0.2, 0.25) is 0 Å². The number of piperidine rings is 1. The fourth-order valence-electron chi connectivity index (χ4n) is 4.53. The highest BCUT2D eigenvalue weighted by molar-refractivity contribution is 7.16. The van der Waals surface area contributed by atoms with Crippen molar-refractivity contribution in [1.82, 2.24) is 24.6 Å². The number of methoxy groups -OCH3 is 1. The molecule has 1 saturated carbocycles. The molecule has 9 nitrogen and oxygen atoms in total. The summed E-state index contributed by atoms with van der Waals surface area (Å²) in [5, 5.41) is 19.1. The van der Waals surface area contributed by atoms with E-state index in [-0.39, 0.29) is 18.8 Å². The number of hydrogen-bond acceptors (Lipinski definition) is 9. The second kappa shape index (κ2) is 8.78. The van der Waals surface area contributed by atoms with Crippen molar-refractivity contribution in [3.63, 3.8) is 0 Å². The summed E-state index contributed by atoms with van der Waals surface area (Å²) in [6, 6.07) is 5.37. The smallest absolute Gasteiger partial charge is 0.376 e. The highest BCUT2D eigenvalue weighted by atomic mass is 32.1. The first kappa shape index (κ1) is 21.3. The van der Waals surface area contributed by atoms with Gasteiger partial charge in [-0.05, 0) is 31.9 Å². The van der Waals surface area contributed by atoms with Crippen molar-refractivity contribution in [3.05, 3.63) is 36.9 Å². The molecule has 1 saturated heterocycles. The maximum atomic E-state index is 14.9. The van der Waals surface area contributed by atoms with Gasteiger partial charge in [0.15, 0.2) is 18.0 Å². The molecule has 1 N–H and O–H groups in total. The van der Waals surface area contributed by atoms with Gasteiger partial charge in [0.1, 0.15) is 11.9 Å². The van der Waals surface area contributed by atoms with Crippen molar-refractivity contribution in [2.45, 2.75) is 31.6 Å². The zero-order valence-electron chi connectivity index (χ0n) is 17.7. The molecular weight excluding hydrogens is 436 g/mol. The SMILES string of the molecule is COCOc1cc(-n2ccnc2)ccc1-c1nnc(O[C@@H]2C3CC([C@H]2F)N(B(C)O)C3)s1. The summed E-state index contributed by atoms with van der Waals surface area (Å²) in [4.78, 5) is 5.87. The van der Waals surface area contributed by atoms with E-state index in [9.17, 15) is 9.41 Å². The molecule has 1 aliphatic carbocycles. The largest absolute Gasteiger partial charge is 0.467 e. The Morgan fingerprint density at radius 1 is 1.34 bits per heavy atom. The molecular formula is C20H23BFN5O4S. The lowest BCUT2D eigenvalue weighted by molar-refractivity contribution is 0.0363. The first-order chi connectivity index (χ1) is 15.5. The molecule has 3 aromatic rings. The Bertz CT molecular complexity index is 1070. The molecule has 2 aromatic heterocycles. The van der Waals surface area contributed by atoms with Crippen LogP contribution in [-0.4, -0.2) is 75.4 Å². The Hall–Kier alpha value is -2.54. The van der Waals surface area contributed by atoms with Crippen molar-refractivity contribution < 1.29 is 23.6 Å². The minimum absolute atomic E-state index is 0.0204. The monoisotopic (exact) mass is 459 g/mol. The lowest BCUT2D eigenvalue weighted by Gasteiger charge is -2.34. The van der Waals surface area contributed by atoms with Gasteiger partial charge in [-0.3, -0.25) is 0 Å². The highest BCUT2D eigenvalue weighted by Crippen LogP contribution is 2.43. The van der Waals surface area contributed by atoms with Crippen LogP contribution in [0.2, 0.25) is 6.82 Å². The molecule has 1 aromatic carbocycles.